The standard InChI is InChI=1S/C17H20N4O3/c1-12-8-19-15(10-18-12)17(23)21-6-2-4-13(11-21)16(22)20-9-14-5-3-7-24-14/h3,5,7-8,10,13H,2,4,6,9,11H2,1H3,(H,20,22). The minimum atomic E-state index is -0.212. The molecule has 1 unspecified atom stereocenters. The Kier molecular flexibility index (Phi) is 4.88. The molecule has 0 radical (unpaired) electrons. The summed E-state index contributed by atoms with van der Waals surface area (Å²) in [5.41, 5.74) is 1.08. The number of hydrogen-bond acceptors (Lipinski definition) is 5. The Morgan fingerprint density at radius 2 is 2.25 bits per heavy atom. The number of hydrogen-bond donors (Lipinski definition) is 1. The fourth-order valence-corrected chi connectivity index (χ4v) is 2.77. The van der Waals surface area contributed by atoms with Gasteiger partial charge in [-0.2, -0.15) is 0 Å². The lowest BCUT2D eigenvalue weighted by molar-refractivity contribution is -0.126. The lowest BCUT2D eigenvalue weighted by atomic mass is 9.97. The Hall–Kier alpha value is -2.70. The first-order valence-corrected chi connectivity index (χ1v) is 8.01. The zero-order valence-electron chi connectivity index (χ0n) is 13.6. The fourth-order valence-electron chi connectivity index (χ4n) is 2.77. The van der Waals surface area contributed by atoms with Crippen molar-refractivity contribution in [3.8, 4) is 0 Å². The molecule has 2 aromatic rings. The van der Waals surface area contributed by atoms with E-state index in [4.69, 9.17) is 4.42 Å². The van der Waals surface area contributed by atoms with Crippen LogP contribution in [-0.2, 0) is 11.3 Å². The van der Waals surface area contributed by atoms with Crippen LogP contribution in [0.25, 0.3) is 0 Å². The van der Waals surface area contributed by atoms with Crippen molar-refractivity contribution in [2.45, 2.75) is 26.3 Å². The zero-order chi connectivity index (χ0) is 16.9. The van der Waals surface area contributed by atoms with Gasteiger partial charge in [0.15, 0.2) is 0 Å². The molecule has 0 aromatic carbocycles. The maximum atomic E-state index is 12.5. The van der Waals surface area contributed by atoms with E-state index in [1.807, 2.05) is 13.0 Å². The average Bonchev–Trinajstić information content (AvgIpc) is 3.13. The van der Waals surface area contributed by atoms with Crippen molar-refractivity contribution in [3.05, 3.63) is 47.9 Å². The monoisotopic (exact) mass is 328 g/mol. The van der Waals surface area contributed by atoms with Crippen molar-refractivity contribution in [2.24, 2.45) is 5.92 Å². The van der Waals surface area contributed by atoms with Gasteiger partial charge in [-0.15, -0.1) is 0 Å². The van der Waals surface area contributed by atoms with Gasteiger partial charge in [0, 0.05) is 19.3 Å². The summed E-state index contributed by atoms with van der Waals surface area (Å²) in [6.45, 7) is 3.22. The van der Waals surface area contributed by atoms with Crippen molar-refractivity contribution in [2.75, 3.05) is 13.1 Å². The summed E-state index contributed by atoms with van der Waals surface area (Å²) in [6.07, 6.45) is 6.20. The predicted octanol–water partition coefficient (Wildman–Crippen LogP) is 1.55. The highest BCUT2D eigenvalue weighted by molar-refractivity contribution is 5.92. The summed E-state index contributed by atoms with van der Waals surface area (Å²) in [5, 5.41) is 2.86. The minimum Gasteiger partial charge on any atom is -0.467 e. The van der Waals surface area contributed by atoms with Crippen LogP contribution in [0.1, 0.15) is 34.8 Å². The summed E-state index contributed by atoms with van der Waals surface area (Å²) in [4.78, 5) is 34.7. The third kappa shape index (κ3) is 3.79. The van der Waals surface area contributed by atoms with E-state index < -0.39 is 0 Å². The third-order valence-corrected chi connectivity index (χ3v) is 4.10. The van der Waals surface area contributed by atoms with Crippen molar-refractivity contribution in [3.63, 3.8) is 0 Å². The normalized spacial score (nSPS) is 17.5. The SMILES string of the molecule is Cc1cnc(C(=O)N2CCCC(C(=O)NCc3ccco3)C2)cn1. The molecular weight excluding hydrogens is 308 g/mol. The summed E-state index contributed by atoms with van der Waals surface area (Å²) >= 11 is 0. The maximum Gasteiger partial charge on any atom is 0.274 e. The van der Waals surface area contributed by atoms with Gasteiger partial charge in [0.2, 0.25) is 5.91 Å². The Balaban J connectivity index is 1.58. The number of nitrogens with zero attached hydrogens (tertiary/aromatic N) is 3. The van der Waals surface area contributed by atoms with Crippen molar-refractivity contribution < 1.29 is 14.0 Å². The van der Waals surface area contributed by atoms with E-state index in [-0.39, 0.29) is 17.7 Å². The topological polar surface area (TPSA) is 88.3 Å². The molecule has 1 fully saturated rings. The van der Waals surface area contributed by atoms with E-state index in [1.165, 1.54) is 6.20 Å². The third-order valence-electron chi connectivity index (χ3n) is 4.10. The summed E-state index contributed by atoms with van der Waals surface area (Å²) < 4.78 is 5.20. The molecule has 7 heteroatoms. The molecular formula is C17H20N4O3. The molecule has 1 aliphatic rings. The van der Waals surface area contributed by atoms with Gasteiger partial charge < -0.3 is 14.6 Å². The first kappa shape index (κ1) is 16.2. The number of amides is 2. The van der Waals surface area contributed by atoms with E-state index >= 15 is 0 Å². The number of likely N-dealkylation sites (tertiary alicyclic amines) is 1. The quantitative estimate of drug-likeness (QED) is 0.920. The highest BCUT2D eigenvalue weighted by Gasteiger charge is 2.29. The zero-order valence-corrected chi connectivity index (χ0v) is 13.6. The van der Waals surface area contributed by atoms with E-state index in [2.05, 4.69) is 15.3 Å². The molecule has 3 rings (SSSR count). The molecule has 24 heavy (non-hydrogen) atoms. The number of carbonyl (C=O) groups is 2. The molecule has 0 spiro atoms. The van der Waals surface area contributed by atoms with Crippen LogP contribution in [0.4, 0.5) is 0 Å². The van der Waals surface area contributed by atoms with Gasteiger partial charge in [-0.1, -0.05) is 0 Å². The van der Waals surface area contributed by atoms with Crippen LogP contribution in [-0.4, -0.2) is 39.8 Å². The molecule has 2 amide bonds. The van der Waals surface area contributed by atoms with Crippen LogP contribution in [0, 0.1) is 12.8 Å². The number of carbonyl (C=O) groups excluding carboxylic acids is 2. The van der Waals surface area contributed by atoms with Crippen molar-refractivity contribution >= 4 is 11.8 Å². The number of rotatable bonds is 4. The minimum absolute atomic E-state index is 0.0566. The molecule has 0 saturated carbocycles. The van der Waals surface area contributed by atoms with Crippen molar-refractivity contribution in [1.29, 1.82) is 0 Å². The van der Waals surface area contributed by atoms with Crippen LogP contribution >= 0.6 is 0 Å². The average molecular weight is 328 g/mol. The molecule has 2 aromatic heterocycles. The molecule has 0 aliphatic carbocycles. The van der Waals surface area contributed by atoms with E-state index in [9.17, 15) is 9.59 Å². The van der Waals surface area contributed by atoms with Gasteiger partial charge >= 0.3 is 0 Å². The largest absolute Gasteiger partial charge is 0.467 e. The molecule has 7 nitrogen and oxygen atoms in total. The Bertz CT molecular complexity index is 697. The van der Waals surface area contributed by atoms with E-state index in [0.717, 1.165) is 18.5 Å². The van der Waals surface area contributed by atoms with Crippen molar-refractivity contribution in [1.82, 2.24) is 20.2 Å². The summed E-state index contributed by atoms with van der Waals surface area (Å²) in [7, 11) is 0. The Labute approximate surface area is 140 Å². The van der Waals surface area contributed by atoms with E-state index in [1.54, 1.807) is 23.4 Å². The lowest BCUT2D eigenvalue weighted by Crippen LogP contribution is -2.45. The van der Waals surface area contributed by atoms with Gasteiger partial charge in [0.25, 0.3) is 5.91 Å². The predicted molar refractivity (Wildman–Crippen MR) is 86.0 cm³/mol. The maximum absolute atomic E-state index is 12.5. The fraction of sp³-hybridized carbons (Fsp3) is 0.412. The number of furan rings is 1. The first-order valence-electron chi connectivity index (χ1n) is 8.01. The molecule has 1 aliphatic heterocycles. The lowest BCUT2D eigenvalue weighted by Gasteiger charge is -2.31. The van der Waals surface area contributed by atoms with E-state index in [0.29, 0.717) is 31.1 Å². The number of aromatic nitrogens is 2. The van der Waals surface area contributed by atoms with Crippen LogP contribution in [0.15, 0.2) is 35.2 Å². The van der Waals surface area contributed by atoms with Crippen LogP contribution in [0.3, 0.4) is 0 Å². The van der Waals surface area contributed by atoms with Gasteiger partial charge in [-0.25, -0.2) is 4.98 Å². The molecule has 0 bridgehead atoms. The Morgan fingerprint density at radius 3 is 2.96 bits per heavy atom. The molecule has 126 valence electrons. The van der Waals surface area contributed by atoms with Gasteiger partial charge in [0.05, 0.1) is 30.6 Å². The number of nitrogens with one attached hydrogen (secondary N) is 1. The second-order valence-electron chi connectivity index (χ2n) is 5.93. The van der Waals surface area contributed by atoms with Gasteiger partial charge in [0.1, 0.15) is 11.5 Å². The van der Waals surface area contributed by atoms with Gasteiger partial charge in [-0.3, -0.25) is 14.6 Å². The first-order chi connectivity index (χ1) is 11.6. The molecule has 1 atom stereocenters. The second kappa shape index (κ2) is 7.25. The molecule has 1 N–H and O–H groups in total. The number of aryl methyl sites for hydroxylation is 1. The molecule has 3 heterocycles. The van der Waals surface area contributed by atoms with Crippen LogP contribution in [0.5, 0.6) is 0 Å². The molecule has 1 saturated heterocycles. The van der Waals surface area contributed by atoms with Gasteiger partial charge in [-0.05, 0) is 31.9 Å². The smallest absolute Gasteiger partial charge is 0.274 e. The van der Waals surface area contributed by atoms with Crippen LogP contribution in [0.2, 0.25) is 0 Å². The van der Waals surface area contributed by atoms with Crippen LogP contribution < -0.4 is 5.32 Å². The summed E-state index contributed by atoms with van der Waals surface area (Å²) in [6, 6.07) is 3.60. The summed E-state index contributed by atoms with van der Waals surface area (Å²) in [5.74, 6) is 0.267. The number of piperidine rings is 1. The highest BCUT2D eigenvalue weighted by Crippen LogP contribution is 2.18. The second-order valence-corrected chi connectivity index (χ2v) is 5.93. The highest BCUT2D eigenvalue weighted by atomic mass is 16.3. The Morgan fingerprint density at radius 1 is 1.38 bits per heavy atom.